The lowest BCUT2D eigenvalue weighted by Crippen LogP contribution is -2.27. The second-order valence-electron chi connectivity index (χ2n) is 5.03. The van der Waals surface area contributed by atoms with Crippen LogP contribution < -0.4 is 5.32 Å². The summed E-state index contributed by atoms with van der Waals surface area (Å²) >= 11 is 1.59. The fourth-order valence-electron chi connectivity index (χ4n) is 2.18. The van der Waals surface area contributed by atoms with E-state index in [1.54, 1.807) is 16.2 Å². The van der Waals surface area contributed by atoms with Gasteiger partial charge in [-0.3, -0.25) is 4.79 Å². The maximum atomic E-state index is 12.7. The fraction of sp³-hybridized carbons (Fsp3) is 0.375. The van der Waals surface area contributed by atoms with Crippen LogP contribution in [0.1, 0.15) is 26.5 Å². The fourth-order valence-corrected chi connectivity index (χ4v) is 3.01. The second-order valence-corrected chi connectivity index (χ2v) is 5.97. The van der Waals surface area contributed by atoms with Gasteiger partial charge in [0, 0.05) is 17.5 Å². The smallest absolute Gasteiger partial charge is 0.254 e. The van der Waals surface area contributed by atoms with Crippen LogP contribution in [0.3, 0.4) is 0 Å². The molecule has 0 aliphatic carbocycles. The van der Waals surface area contributed by atoms with E-state index < -0.39 is 0 Å². The Kier molecular flexibility index (Phi) is 5.47. The third-order valence-electron chi connectivity index (χ3n) is 3.46. The highest BCUT2D eigenvalue weighted by molar-refractivity contribution is 7.09. The van der Waals surface area contributed by atoms with E-state index in [9.17, 15) is 4.79 Å². The number of nitrogens with zero attached hydrogens (tertiary/aromatic N) is 2. The number of carbonyl (C=O) groups excluding carboxylic acids is 1. The Bertz CT molecular complexity index is 609. The van der Waals surface area contributed by atoms with Crippen molar-refractivity contribution in [1.82, 2.24) is 15.2 Å². The highest BCUT2D eigenvalue weighted by Crippen LogP contribution is 2.17. The molecule has 1 aromatic carbocycles. The van der Waals surface area contributed by atoms with E-state index in [0.717, 1.165) is 34.7 Å². The molecular formula is C16H21N3OS. The summed E-state index contributed by atoms with van der Waals surface area (Å²) in [6, 6.07) is 7.83. The first-order chi connectivity index (χ1) is 10.1. The Morgan fingerprint density at radius 2 is 2.14 bits per heavy atom. The van der Waals surface area contributed by atoms with Gasteiger partial charge in [-0.25, -0.2) is 4.98 Å². The molecule has 4 nitrogen and oxygen atoms in total. The van der Waals surface area contributed by atoms with Crippen molar-refractivity contribution in [2.45, 2.75) is 19.9 Å². The normalized spacial score (nSPS) is 10.6. The lowest BCUT2D eigenvalue weighted by atomic mass is 10.0. The molecular weight excluding hydrogens is 282 g/mol. The Morgan fingerprint density at radius 3 is 2.81 bits per heavy atom. The molecule has 21 heavy (non-hydrogen) atoms. The van der Waals surface area contributed by atoms with Crippen LogP contribution >= 0.6 is 11.3 Å². The summed E-state index contributed by atoms with van der Waals surface area (Å²) in [5.74, 6) is 0.0644. The minimum Gasteiger partial charge on any atom is -0.336 e. The molecule has 0 aliphatic rings. The summed E-state index contributed by atoms with van der Waals surface area (Å²) in [4.78, 5) is 19.8. The van der Waals surface area contributed by atoms with E-state index in [1.165, 1.54) is 0 Å². The molecule has 5 heteroatoms. The summed E-state index contributed by atoms with van der Waals surface area (Å²) in [5.41, 5.74) is 4.70. The van der Waals surface area contributed by atoms with Gasteiger partial charge in [-0.1, -0.05) is 18.2 Å². The molecule has 1 amide bonds. The van der Waals surface area contributed by atoms with E-state index in [1.807, 2.05) is 50.8 Å². The first-order valence-electron chi connectivity index (χ1n) is 7.00. The molecule has 0 radical (unpaired) electrons. The minimum atomic E-state index is 0.0644. The molecule has 1 aromatic heterocycles. The predicted molar refractivity (Wildman–Crippen MR) is 86.7 cm³/mol. The van der Waals surface area contributed by atoms with Gasteiger partial charge < -0.3 is 10.2 Å². The van der Waals surface area contributed by atoms with Gasteiger partial charge in [0.05, 0.1) is 17.7 Å². The van der Waals surface area contributed by atoms with Gasteiger partial charge in [0.25, 0.3) is 5.91 Å². The number of hydrogen-bond acceptors (Lipinski definition) is 4. The van der Waals surface area contributed by atoms with E-state index in [4.69, 9.17) is 0 Å². The zero-order chi connectivity index (χ0) is 15.2. The van der Waals surface area contributed by atoms with Crippen molar-refractivity contribution in [3.05, 3.63) is 51.5 Å². The third-order valence-corrected chi connectivity index (χ3v) is 4.38. The lowest BCUT2D eigenvalue weighted by molar-refractivity contribution is 0.0785. The molecule has 0 unspecified atom stereocenters. The van der Waals surface area contributed by atoms with Crippen molar-refractivity contribution in [2.24, 2.45) is 0 Å². The molecule has 0 aliphatic heterocycles. The van der Waals surface area contributed by atoms with Crippen molar-refractivity contribution in [1.29, 1.82) is 0 Å². The first-order valence-corrected chi connectivity index (χ1v) is 7.88. The SMILES string of the molecule is CNCCc1ccccc1C(=O)N(C)Cc1scnc1C. The number of carbonyl (C=O) groups is 1. The maximum absolute atomic E-state index is 12.7. The monoisotopic (exact) mass is 303 g/mol. The standard InChI is InChI=1S/C16H21N3OS/c1-12-15(21-11-18-12)10-19(3)16(20)14-7-5-4-6-13(14)8-9-17-2/h4-7,11,17H,8-10H2,1-3H3. The highest BCUT2D eigenvalue weighted by atomic mass is 32.1. The summed E-state index contributed by atoms with van der Waals surface area (Å²) in [6.07, 6.45) is 0.853. The van der Waals surface area contributed by atoms with E-state index >= 15 is 0 Å². The van der Waals surface area contributed by atoms with Crippen LogP contribution in [0.15, 0.2) is 29.8 Å². The molecule has 0 atom stereocenters. The number of likely N-dealkylation sites (N-methyl/N-ethyl adjacent to an activating group) is 1. The number of amides is 1. The quantitative estimate of drug-likeness (QED) is 0.892. The highest BCUT2D eigenvalue weighted by Gasteiger charge is 2.16. The largest absolute Gasteiger partial charge is 0.336 e. The van der Waals surface area contributed by atoms with Crippen LogP contribution in [0, 0.1) is 6.92 Å². The van der Waals surface area contributed by atoms with E-state index in [0.29, 0.717) is 6.54 Å². The topological polar surface area (TPSA) is 45.2 Å². The minimum absolute atomic E-state index is 0.0644. The number of benzene rings is 1. The Morgan fingerprint density at radius 1 is 1.38 bits per heavy atom. The zero-order valence-corrected chi connectivity index (χ0v) is 13.5. The molecule has 2 rings (SSSR count). The number of nitrogens with one attached hydrogen (secondary N) is 1. The number of rotatable bonds is 6. The van der Waals surface area contributed by atoms with Gasteiger partial charge in [0.1, 0.15) is 0 Å². The molecule has 1 N–H and O–H groups in total. The summed E-state index contributed by atoms with van der Waals surface area (Å²) in [6.45, 7) is 3.45. The Labute approximate surface area is 129 Å². The van der Waals surface area contributed by atoms with Crippen LogP contribution in [-0.4, -0.2) is 36.4 Å². The average molecular weight is 303 g/mol. The molecule has 2 aromatic rings. The zero-order valence-electron chi connectivity index (χ0n) is 12.7. The summed E-state index contributed by atoms with van der Waals surface area (Å²) in [5, 5.41) is 3.12. The molecule has 0 fully saturated rings. The third kappa shape index (κ3) is 3.89. The van der Waals surface area contributed by atoms with Crippen LogP contribution in [0.2, 0.25) is 0 Å². The van der Waals surface area contributed by atoms with Crippen LogP contribution in [0.25, 0.3) is 0 Å². The lowest BCUT2D eigenvalue weighted by Gasteiger charge is -2.18. The van der Waals surface area contributed by atoms with Crippen LogP contribution in [-0.2, 0) is 13.0 Å². The predicted octanol–water partition coefficient (Wildman–Crippen LogP) is 2.49. The second kappa shape index (κ2) is 7.33. The van der Waals surface area contributed by atoms with Crippen molar-refractivity contribution >= 4 is 17.2 Å². The van der Waals surface area contributed by atoms with Gasteiger partial charge >= 0.3 is 0 Å². The van der Waals surface area contributed by atoms with Gasteiger partial charge in [-0.05, 0) is 38.6 Å². The molecule has 0 saturated heterocycles. The summed E-state index contributed by atoms with van der Waals surface area (Å²) < 4.78 is 0. The van der Waals surface area contributed by atoms with Gasteiger partial charge in [0.15, 0.2) is 0 Å². The number of aromatic nitrogens is 1. The number of aryl methyl sites for hydroxylation is 1. The number of hydrogen-bond donors (Lipinski definition) is 1. The van der Waals surface area contributed by atoms with E-state index in [-0.39, 0.29) is 5.91 Å². The molecule has 112 valence electrons. The van der Waals surface area contributed by atoms with E-state index in [2.05, 4.69) is 10.3 Å². The molecule has 0 spiro atoms. The van der Waals surface area contributed by atoms with Crippen LogP contribution in [0.5, 0.6) is 0 Å². The average Bonchev–Trinajstić information content (AvgIpc) is 2.90. The van der Waals surface area contributed by atoms with Gasteiger partial charge in [-0.2, -0.15) is 0 Å². The molecule has 0 saturated carbocycles. The van der Waals surface area contributed by atoms with Crippen molar-refractivity contribution in [3.8, 4) is 0 Å². The van der Waals surface area contributed by atoms with Gasteiger partial charge in [0.2, 0.25) is 0 Å². The van der Waals surface area contributed by atoms with Crippen molar-refractivity contribution in [3.63, 3.8) is 0 Å². The van der Waals surface area contributed by atoms with Crippen LogP contribution in [0.4, 0.5) is 0 Å². The number of thiazole rings is 1. The Balaban J connectivity index is 2.13. The molecule has 0 bridgehead atoms. The first kappa shape index (κ1) is 15.7. The van der Waals surface area contributed by atoms with Crippen molar-refractivity contribution in [2.75, 3.05) is 20.6 Å². The summed E-state index contributed by atoms with van der Waals surface area (Å²) in [7, 11) is 3.76. The molecule has 1 heterocycles. The van der Waals surface area contributed by atoms with Crippen molar-refractivity contribution < 1.29 is 4.79 Å². The Hall–Kier alpha value is -1.72. The maximum Gasteiger partial charge on any atom is 0.254 e. The van der Waals surface area contributed by atoms with Gasteiger partial charge in [-0.15, -0.1) is 11.3 Å².